The molecule has 0 radical (unpaired) electrons. The second-order valence-corrected chi connectivity index (χ2v) is 5.61. The molecule has 128 valence electrons. The lowest BCUT2D eigenvalue weighted by atomic mass is 10.2. The third-order valence-corrected chi connectivity index (χ3v) is 3.44. The van der Waals surface area contributed by atoms with Gasteiger partial charge in [-0.1, -0.05) is 30.3 Å². The summed E-state index contributed by atoms with van der Waals surface area (Å²) in [6.07, 6.45) is 2.02. The molecule has 1 atom stereocenters. The first-order valence-electron chi connectivity index (χ1n) is 7.76. The van der Waals surface area contributed by atoms with Crippen LogP contribution in [0, 0.1) is 0 Å². The van der Waals surface area contributed by atoms with Crippen molar-refractivity contribution in [3.8, 4) is 0 Å². The number of likely N-dealkylation sites (tertiary alicyclic amines) is 1. The summed E-state index contributed by atoms with van der Waals surface area (Å²) in [7, 11) is 3.85. The van der Waals surface area contributed by atoms with E-state index in [1.54, 1.807) is 0 Å². The molecule has 0 aliphatic carbocycles. The monoisotopic (exact) mass is 322 g/mol. The van der Waals surface area contributed by atoms with E-state index >= 15 is 0 Å². The molecular weight excluding hydrogens is 296 g/mol. The van der Waals surface area contributed by atoms with Crippen LogP contribution in [0.4, 0.5) is 4.79 Å². The van der Waals surface area contributed by atoms with E-state index in [-0.39, 0.29) is 19.3 Å². The predicted octanol–water partition coefficient (Wildman–Crippen LogP) is 1.53. The fraction of sp³-hybridized carbons (Fsp3) is 0.529. The lowest BCUT2D eigenvalue weighted by molar-refractivity contribution is -0.111. The van der Waals surface area contributed by atoms with Crippen molar-refractivity contribution in [1.29, 1.82) is 0 Å². The maximum Gasteiger partial charge on any atom is 0.410 e. The van der Waals surface area contributed by atoms with Crippen LogP contribution in [0.2, 0.25) is 0 Å². The maximum absolute atomic E-state index is 11.7. The van der Waals surface area contributed by atoms with Gasteiger partial charge in [-0.05, 0) is 32.5 Å². The van der Waals surface area contributed by atoms with Gasteiger partial charge in [0.25, 0.3) is 0 Å². The number of hydrogen-bond donors (Lipinski definition) is 1. The third kappa shape index (κ3) is 7.25. The highest BCUT2D eigenvalue weighted by atomic mass is 16.6. The van der Waals surface area contributed by atoms with Crippen LogP contribution in [0.5, 0.6) is 0 Å². The van der Waals surface area contributed by atoms with Gasteiger partial charge in [-0.15, -0.1) is 0 Å². The summed E-state index contributed by atoms with van der Waals surface area (Å²) in [6.45, 7) is 1.88. The van der Waals surface area contributed by atoms with Crippen molar-refractivity contribution in [3.05, 3.63) is 35.9 Å². The first-order valence-corrected chi connectivity index (χ1v) is 7.76. The SMILES string of the molecule is CN(C)CCO.O=CC1CCCN1C(=O)OCc1ccccc1. The Labute approximate surface area is 137 Å². The molecule has 1 aromatic carbocycles. The normalized spacial score (nSPS) is 16.7. The smallest absolute Gasteiger partial charge is 0.410 e. The standard InChI is InChI=1S/C13H15NO3.C4H11NO/c15-9-12-7-4-8-14(12)13(16)17-10-11-5-2-1-3-6-11;1-5(2)3-4-6/h1-3,5-6,9,12H,4,7-8,10H2;6H,3-4H2,1-2H3. The summed E-state index contributed by atoms with van der Waals surface area (Å²) in [5.41, 5.74) is 0.947. The Morgan fingerprint density at radius 3 is 2.61 bits per heavy atom. The lowest BCUT2D eigenvalue weighted by Crippen LogP contribution is -2.36. The molecule has 1 fully saturated rings. The minimum atomic E-state index is -0.400. The zero-order valence-corrected chi connectivity index (χ0v) is 13.9. The van der Waals surface area contributed by atoms with Crippen LogP contribution in [0.1, 0.15) is 18.4 Å². The lowest BCUT2D eigenvalue weighted by Gasteiger charge is -2.19. The van der Waals surface area contributed by atoms with Crippen LogP contribution in [0.3, 0.4) is 0 Å². The van der Waals surface area contributed by atoms with E-state index < -0.39 is 6.09 Å². The van der Waals surface area contributed by atoms with Gasteiger partial charge in [0, 0.05) is 13.1 Å². The number of nitrogens with zero attached hydrogens (tertiary/aromatic N) is 2. The van der Waals surface area contributed by atoms with Crippen LogP contribution in [0.15, 0.2) is 30.3 Å². The summed E-state index contributed by atoms with van der Waals surface area (Å²) in [5.74, 6) is 0. The molecule has 2 rings (SSSR count). The molecule has 1 amide bonds. The molecule has 6 heteroatoms. The fourth-order valence-corrected chi connectivity index (χ4v) is 2.16. The van der Waals surface area contributed by atoms with Gasteiger partial charge in [0.15, 0.2) is 0 Å². The van der Waals surface area contributed by atoms with Crippen LogP contribution < -0.4 is 0 Å². The van der Waals surface area contributed by atoms with Crippen LogP contribution in [0.25, 0.3) is 0 Å². The summed E-state index contributed by atoms with van der Waals surface area (Å²) >= 11 is 0. The van der Waals surface area contributed by atoms with E-state index in [9.17, 15) is 9.59 Å². The number of carbonyl (C=O) groups is 2. The zero-order valence-electron chi connectivity index (χ0n) is 13.9. The molecule has 6 nitrogen and oxygen atoms in total. The minimum absolute atomic E-state index is 0.252. The van der Waals surface area contributed by atoms with Crippen molar-refractivity contribution < 1.29 is 19.4 Å². The van der Waals surface area contributed by atoms with E-state index in [1.165, 1.54) is 4.90 Å². The topological polar surface area (TPSA) is 70.1 Å². The molecule has 1 aromatic rings. The number of aliphatic hydroxyl groups excluding tert-OH is 1. The molecule has 0 bridgehead atoms. The Balaban J connectivity index is 0.000000379. The van der Waals surface area contributed by atoms with E-state index in [1.807, 2.05) is 49.3 Å². The number of rotatable bonds is 5. The number of amides is 1. The van der Waals surface area contributed by atoms with Crippen molar-refractivity contribution in [1.82, 2.24) is 9.80 Å². The number of likely N-dealkylation sites (N-methyl/N-ethyl adjacent to an activating group) is 1. The second kappa shape index (κ2) is 10.7. The summed E-state index contributed by atoms with van der Waals surface area (Å²) in [5, 5.41) is 8.20. The van der Waals surface area contributed by atoms with Gasteiger partial charge >= 0.3 is 6.09 Å². The van der Waals surface area contributed by atoms with Gasteiger partial charge in [0.05, 0.1) is 12.6 Å². The van der Waals surface area contributed by atoms with Crippen molar-refractivity contribution in [3.63, 3.8) is 0 Å². The van der Waals surface area contributed by atoms with Crippen molar-refractivity contribution in [2.45, 2.75) is 25.5 Å². The number of aldehydes is 1. The van der Waals surface area contributed by atoms with Gasteiger partial charge < -0.3 is 19.5 Å². The first kappa shape index (κ1) is 19.1. The van der Waals surface area contributed by atoms with E-state index in [2.05, 4.69) is 0 Å². The molecule has 1 N–H and O–H groups in total. The van der Waals surface area contributed by atoms with Crippen LogP contribution in [-0.4, -0.2) is 67.1 Å². The number of carbonyl (C=O) groups excluding carboxylic acids is 2. The quantitative estimate of drug-likeness (QED) is 0.833. The van der Waals surface area contributed by atoms with Crippen molar-refractivity contribution >= 4 is 12.4 Å². The molecule has 1 unspecified atom stereocenters. The average molecular weight is 322 g/mol. The molecule has 1 saturated heterocycles. The maximum atomic E-state index is 11.7. The molecule has 1 aliphatic heterocycles. The fourth-order valence-electron chi connectivity index (χ4n) is 2.16. The molecular formula is C17H26N2O4. The van der Waals surface area contributed by atoms with Crippen molar-refractivity contribution in [2.24, 2.45) is 0 Å². The minimum Gasteiger partial charge on any atom is -0.445 e. The molecule has 0 spiro atoms. The predicted molar refractivity (Wildman–Crippen MR) is 88.1 cm³/mol. The molecule has 23 heavy (non-hydrogen) atoms. The van der Waals surface area contributed by atoms with Gasteiger partial charge in [-0.3, -0.25) is 4.90 Å². The Morgan fingerprint density at radius 1 is 1.39 bits per heavy atom. The van der Waals surface area contributed by atoms with E-state index in [0.717, 1.165) is 31.2 Å². The Bertz CT molecular complexity index is 465. The molecule has 0 aromatic heterocycles. The number of hydrogen-bond acceptors (Lipinski definition) is 5. The van der Waals surface area contributed by atoms with Crippen LogP contribution in [-0.2, 0) is 16.1 Å². The summed E-state index contributed by atoms with van der Waals surface area (Å²) in [6, 6.07) is 9.19. The highest BCUT2D eigenvalue weighted by molar-refractivity contribution is 5.74. The number of benzene rings is 1. The Hall–Kier alpha value is -1.92. The third-order valence-electron chi connectivity index (χ3n) is 3.44. The first-order chi connectivity index (χ1) is 11.1. The van der Waals surface area contributed by atoms with Gasteiger partial charge in [0.2, 0.25) is 0 Å². The van der Waals surface area contributed by atoms with E-state index in [4.69, 9.17) is 9.84 Å². The highest BCUT2D eigenvalue weighted by Crippen LogP contribution is 2.16. The molecule has 1 aliphatic rings. The number of aliphatic hydroxyl groups is 1. The highest BCUT2D eigenvalue weighted by Gasteiger charge is 2.29. The zero-order chi connectivity index (χ0) is 17.1. The largest absolute Gasteiger partial charge is 0.445 e. The second-order valence-electron chi connectivity index (χ2n) is 5.61. The molecule has 1 heterocycles. The van der Waals surface area contributed by atoms with Crippen LogP contribution >= 0.6 is 0 Å². The average Bonchev–Trinajstić information content (AvgIpc) is 3.03. The van der Waals surface area contributed by atoms with Gasteiger partial charge in [-0.2, -0.15) is 0 Å². The van der Waals surface area contributed by atoms with Gasteiger partial charge in [-0.25, -0.2) is 4.79 Å². The summed E-state index contributed by atoms with van der Waals surface area (Å²) < 4.78 is 5.17. The van der Waals surface area contributed by atoms with Gasteiger partial charge in [0.1, 0.15) is 12.9 Å². The summed E-state index contributed by atoms with van der Waals surface area (Å²) in [4.78, 5) is 25.9. The Morgan fingerprint density at radius 2 is 2.09 bits per heavy atom. The van der Waals surface area contributed by atoms with E-state index in [0.29, 0.717) is 6.54 Å². The number of ether oxygens (including phenoxy) is 1. The van der Waals surface area contributed by atoms with Crippen molar-refractivity contribution in [2.75, 3.05) is 33.8 Å². The molecule has 0 saturated carbocycles. The Kier molecular flexibility index (Phi) is 8.94.